The molecule has 0 fully saturated rings. The molecule has 2 rings (SSSR count). The Hall–Kier alpha value is -3.10. The van der Waals surface area contributed by atoms with Gasteiger partial charge in [-0.25, -0.2) is 0 Å². The molecule has 1 atom stereocenters. The molecule has 1 aromatic carbocycles. The molecule has 1 heterocycles. The Morgan fingerprint density at radius 3 is 2.40 bits per heavy atom. The fourth-order valence-electron chi connectivity index (χ4n) is 3.00. The van der Waals surface area contributed by atoms with Gasteiger partial charge in [0.05, 0.1) is 6.04 Å². The van der Waals surface area contributed by atoms with Crippen molar-refractivity contribution in [2.75, 3.05) is 10.6 Å². The van der Waals surface area contributed by atoms with E-state index in [1.165, 1.54) is 12.1 Å². The van der Waals surface area contributed by atoms with Gasteiger partial charge in [0, 0.05) is 6.20 Å². The lowest BCUT2D eigenvalue weighted by Crippen LogP contribution is -2.40. The first-order valence-electron chi connectivity index (χ1n) is 9.58. The van der Waals surface area contributed by atoms with Gasteiger partial charge < -0.3 is 15.2 Å². The van der Waals surface area contributed by atoms with E-state index in [1.807, 2.05) is 39.0 Å². The molecule has 1 unspecified atom stereocenters. The number of alkyl halides is 3. The van der Waals surface area contributed by atoms with Crippen LogP contribution in [0.5, 0.6) is 0 Å². The molecule has 0 spiro atoms. The van der Waals surface area contributed by atoms with Crippen molar-refractivity contribution in [3.8, 4) is 0 Å². The van der Waals surface area contributed by atoms with Crippen molar-refractivity contribution in [3.63, 3.8) is 0 Å². The zero-order chi connectivity index (χ0) is 22.5. The Morgan fingerprint density at radius 2 is 1.83 bits per heavy atom. The van der Waals surface area contributed by atoms with Crippen molar-refractivity contribution in [3.05, 3.63) is 72.9 Å². The number of nitrogens with zero attached hydrogens (tertiary/aromatic N) is 1. The van der Waals surface area contributed by atoms with Gasteiger partial charge in [-0.1, -0.05) is 32.1 Å². The van der Waals surface area contributed by atoms with E-state index in [0.29, 0.717) is 11.0 Å². The standard InChI is InChI=1S/C21H24F3N3O3/c1-4-7-9-13(5-2)14(6-3)25-16-17(19(29)18(16)28)26-15-10-8-11-27(20(15)30)12-21(22,23)24/h5,7-11,14,25-26H,4,6,12H2,1-3H3. The average molecular weight is 423 g/mol. The molecule has 9 heteroatoms. The third kappa shape index (κ3) is 5.28. The van der Waals surface area contributed by atoms with Crippen LogP contribution in [0.2, 0.25) is 0 Å². The number of allylic oxidation sites excluding steroid dienone is 2. The fraction of sp³-hybridized carbons (Fsp3) is 0.381. The van der Waals surface area contributed by atoms with E-state index in [2.05, 4.69) is 10.6 Å². The number of anilines is 3. The van der Waals surface area contributed by atoms with Gasteiger partial charge in [0.15, 0.2) is 0 Å². The first kappa shape index (κ1) is 23.2. The van der Waals surface area contributed by atoms with Gasteiger partial charge in [0.1, 0.15) is 23.6 Å². The van der Waals surface area contributed by atoms with Gasteiger partial charge in [-0.3, -0.25) is 14.4 Å². The summed E-state index contributed by atoms with van der Waals surface area (Å²) >= 11 is 0. The monoisotopic (exact) mass is 423 g/mol. The van der Waals surface area contributed by atoms with Crippen LogP contribution in [-0.2, 0) is 6.54 Å². The lowest BCUT2D eigenvalue weighted by Gasteiger charge is -2.22. The largest absolute Gasteiger partial charge is 0.406 e. The molecule has 0 aliphatic rings. The van der Waals surface area contributed by atoms with Crippen LogP contribution in [0.15, 0.2) is 56.5 Å². The second-order valence-corrected chi connectivity index (χ2v) is 6.71. The molecule has 162 valence electrons. The predicted molar refractivity (Wildman–Crippen MR) is 112 cm³/mol. The minimum atomic E-state index is -4.57. The van der Waals surface area contributed by atoms with Gasteiger partial charge in [0.25, 0.3) is 16.4 Å². The van der Waals surface area contributed by atoms with Crippen LogP contribution < -0.4 is 27.1 Å². The van der Waals surface area contributed by atoms with E-state index >= 15 is 0 Å². The number of aromatic nitrogens is 1. The first-order chi connectivity index (χ1) is 14.1. The van der Waals surface area contributed by atoms with Crippen molar-refractivity contribution in [2.45, 2.75) is 52.4 Å². The van der Waals surface area contributed by atoms with Crippen LogP contribution in [0, 0.1) is 0 Å². The third-order valence-electron chi connectivity index (χ3n) is 4.55. The summed E-state index contributed by atoms with van der Waals surface area (Å²) in [4.78, 5) is 36.5. The Bertz CT molecular complexity index is 1070. The number of pyridine rings is 1. The predicted octanol–water partition coefficient (Wildman–Crippen LogP) is 3.85. The molecule has 0 saturated heterocycles. The zero-order valence-electron chi connectivity index (χ0n) is 17.0. The van der Waals surface area contributed by atoms with Crippen molar-refractivity contribution in [2.24, 2.45) is 0 Å². The average Bonchev–Trinajstić information content (AvgIpc) is 2.70. The summed E-state index contributed by atoms with van der Waals surface area (Å²) in [6, 6.07) is 2.27. The van der Waals surface area contributed by atoms with Crippen LogP contribution in [0.4, 0.5) is 30.2 Å². The molecular weight excluding hydrogens is 399 g/mol. The normalized spacial score (nSPS) is 13.7. The lowest BCUT2D eigenvalue weighted by atomic mass is 10.0. The summed E-state index contributed by atoms with van der Waals surface area (Å²) in [6.45, 7) is 4.30. The molecule has 2 aromatic rings. The fourth-order valence-corrected chi connectivity index (χ4v) is 3.00. The quantitative estimate of drug-likeness (QED) is 0.473. The maximum absolute atomic E-state index is 12.6. The molecule has 0 aliphatic heterocycles. The lowest BCUT2D eigenvalue weighted by molar-refractivity contribution is -0.141. The minimum Gasteiger partial charge on any atom is -0.373 e. The Morgan fingerprint density at radius 1 is 1.17 bits per heavy atom. The summed E-state index contributed by atoms with van der Waals surface area (Å²) in [5, 5.41) is 5.57. The molecule has 1 aromatic heterocycles. The van der Waals surface area contributed by atoms with E-state index in [-0.39, 0.29) is 23.1 Å². The van der Waals surface area contributed by atoms with Crippen LogP contribution in [0.25, 0.3) is 0 Å². The highest BCUT2D eigenvalue weighted by Crippen LogP contribution is 2.23. The maximum atomic E-state index is 12.6. The topological polar surface area (TPSA) is 80.2 Å². The molecule has 0 amide bonds. The first-order valence-corrected chi connectivity index (χ1v) is 9.58. The maximum Gasteiger partial charge on any atom is 0.406 e. The number of hydrogen-bond acceptors (Lipinski definition) is 5. The van der Waals surface area contributed by atoms with Crippen molar-refractivity contribution in [1.29, 1.82) is 0 Å². The molecule has 30 heavy (non-hydrogen) atoms. The van der Waals surface area contributed by atoms with E-state index in [9.17, 15) is 27.6 Å². The molecular formula is C21H24F3N3O3. The SMILES string of the molecule is CC=C(C=CCC)C(CC)Nc1c(Nc2cccn(CC(F)(F)F)c2=O)c(=O)c1=O. The van der Waals surface area contributed by atoms with Gasteiger partial charge in [-0.15, -0.1) is 0 Å². The number of nitrogens with one attached hydrogen (secondary N) is 2. The van der Waals surface area contributed by atoms with Crippen LogP contribution >= 0.6 is 0 Å². The van der Waals surface area contributed by atoms with Crippen LogP contribution in [0.1, 0.15) is 33.6 Å². The van der Waals surface area contributed by atoms with Gasteiger partial charge in [-0.2, -0.15) is 13.2 Å². The highest BCUT2D eigenvalue weighted by molar-refractivity contribution is 5.79. The van der Waals surface area contributed by atoms with E-state index in [1.54, 1.807) is 0 Å². The number of halogens is 3. The smallest absolute Gasteiger partial charge is 0.373 e. The molecule has 0 bridgehead atoms. The highest BCUT2D eigenvalue weighted by Gasteiger charge is 2.29. The Labute approximate surface area is 171 Å². The third-order valence-corrected chi connectivity index (χ3v) is 4.55. The van der Waals surface area contributed by atoms with Gasteiger partial charge >= 0.3 is 6.18 Å². The highest BCUT2D eigenvalue weighted by atomic mass is 19.4. The molecule has 0 saturated carbocycles. The van der Waals surface area contributed by atoms with E-state index < -0.39 is 29.1 Å². The zero-order valence-corrected chi connectivity index (χ0v) is 17.0. The van der Waals surface area contributed by atoms with Crippen molar-refractivity contribution >= 4 is 17.1 Å². The van der Waals surface area contributed by atoms with Crippen molar-refractivity contribution in [1.82, 2.24) is 4.57 Å². The summed E-state index contributed by atoms with van der Waals surface area (Å²) in [6.07, 6.45) is 3.67. The summed E-state index contributed by atoms with van der Waals surface area (Å²) in [5.41, 5.74) is -1.92. The second kappa shape index (κ2) is 9.60. The molecule has 2 N–H and O–H groups in total. The van der Waals surface area contributed by atoms with Crippen molar-refractivity contribution < 1.29 is 13.2 Å². The molecule has 0 radical (unpaired) electrons. The summed E-state index contributed by atoms with van der Waals surface area (Å²) < 4.78 is 38.4. The second-order valence-electron chi connectivity index (χ2n) is 6.71. The number of hydrogen-bond donors (Lipinski definition) is 2. The Kier molecular flexibility index (Phi) is 7.42. The minimum absolute atomic E-state index is 0.0155. The van der Waals surface area contributed by atoms with Crippen LogP contribution in [-0.4, -0.2) is 16.8 Å². The number of rotatable bonds is 9. The molecule has 0 aliphatic carbocycles. The summed E-state index contributed by atoms with van der Waals surface area (Å²) in [7, 11) is 0. The van der Waals surface area contributed by atoms with E-state index in [4.69, 9.17) is 0 Å². The Balaban J connectivity index is 2.33. The summed E-state index contributed by atoms with van der Waals surface area (Å²) in [5.74, 6) is 0. The van der Waals surface area contributed by atoms with Gasteiger partial charge in [-0.05, 0) is 37.5 Å². The molecule has 6 nitrogen and oxygen atoms in total. The van der Waals surface area contributed by atoms with Crippen LogP contribution in [0.3, 0.4) is 0 Å². The van der Waals surface area contributed by atoms with Gasteiger partial charge in [0.2, 0.25) is 0 Å². The van der Waals surface area contributed by atoms with E-state index in [0.717, 1.165) is 18.2 Å².